The molecule has 78 valence electrons. The zero-order valence-electron chi connectivity index (χ0n) is 8.29. The van der Waals surface area contributed by atoms with E-state index in [-0.39, 0.29) is 11.9 Å². The van der Waals surface area contributed by atoms with Crippen LogP contribution in [0.2, 0.25) is 0 Å². The van der Waals surface area contributed by atoms with Crippen LogP contribution in [0.3, 0.4) is 0 Å². The number of benzene rings is 1. The van der Waals surface area contributed by atoms with Crippen molar-refractivity contribution in [2.45, 2.75) is 17.4 Å². The van der Waals surface area contributed by atoms with Gasteiger partial charge in [-0.25, -0.2) is 4.39 Å². The molecule has 0 saturated heterocycles. The van der Waals surface area contributed by atoms with Gasteiger partial charge >= 0.3 is 0 Å². The number of hydrogen-bond acceptors (Lipinski definition) is 2. The number of hydrogen-bond donors (Lipinski definition) is 1. The molecule has 1 atom stereocenters. The molecule has 15 heavy (non-hydrogen) atoms. The van der Waals surface area contributed by atoms with E-state index in [9.17, 15) is 4.39 Å². The zero-order valence-corrected chi connectivity index (χ0v) is 9.11. The van der Waals surface area contributed by atoms with E-state index < -0.39 is 0 Å². The van der Waals surface area contributed by atoms with Crippen LogP contribution in [0.5, 0.6) is 0 Å². The molecule has 1 aromatic rings. The third-order valence-corrected chi connectivity index (χ3v) is 3.58. The van der Waals surface area contributed by atoms with Crippen LogP contribution in [0.25, 0.3) is 0 Å². The lowest BCUT2D eigenvalue weighted by atomic mass is 10.0. The summed E-state index contributed by atoms with van der Waals surface area (Å²) in [6.45, 7) is 0.533. The summed E-state index contributed by atoms with van der Waals surface area (Å²) in [5.41, 5.74) is 1.04. The maximum absolute atomic E-state index is 13.1. The molecule has 1 aliphatic rings. The molecule has 0 spiro atoms. The molecule has 1 nitrogen and oxygen atoms in total. The van der Waals surface area contributed by atoms with E-state index in [4.69, 9.17) is 6.42 Å². The third kappa shape index (κ3) is 2.34. The molecule has 1 aromatic carbocycles. The molecule has 1 N–H and O–H groups in total. The lowest BCUT2D eigenvalue weighted by Gasteiger charge is -2.25. The summed E-state index contributed by atoms with van der Waals surface area (Å²) in [4.78, 5) is 1.16. The van der Waals surface area contributed by atoms with Gasteiger partial charge in [0.2, 0.25) is 0 Å². The predicted octanol–water partition coefficient (Wildman–Crippen LogP) is 2.59. The Bertz CT molecular complexity index is 397. The molecule has 1 heterocycles. The van der Waals surface area contributed by atoms with E-state index in [0.29, 0.717) is 6.54 Å². The van der Waals surface area contributed by atoms with Gasteiger partial charge in [0.25, 0.3) is 0 Å². The van der Waals surface area contributed by atoms with Crippen LogP contribution >= 0.6 is 11.8 Å². The molecule has 1 aliphatic heterocycles. The Morgan fingerprint density at radius 3 is 3.27 bits per heavy atom. The van der Waals surface area contributed by atoms with Crippen molar-refractivity contribution in [1.82, 2.24) is 5.32 Å². The summed E-state index contributed by atoms with van der Waals surface area (Å²) < 4.78 is 13.1. The monoisotopic (exact) mass is 221 g/mol. The van der Waals surface area contributed by atoms with E-state index in [0.717, 1.165) is 22.6 Å². The lowest BCUT2D eigenvalue weighted by molar-refractivity contribution is 0.536. The normalized spacial score (nSPS) is 19.3. The second kappa shape index (κ2) is 4.69. The highest BCUT2D eigenvalue weighted by molar-refractivity contribution is 7.99. The SMILES string of the molecule is C#CCNC1CCSc2ccc(F)cc21. The van der Waals surface area contributed by atoms with Gasteiger partial charge in [-0.3, -0.25) is 5.32 Å². The van der Waals surface area contributed by atoms with E-state index >= 15 is 0 Å². The standard InChI is InChI=1S/C12H12FNS/c1-2-6-14-11-5-7-15-12-4-3-9(13)8-10(11)12/h1,3-4,8,11,14H,5-7H2. The van der Waals surface area contributed by atoms with Gasteiger partial charge in [0.05, 0.1) is 6.54 Å². The van der Waals surface area contributed by atoms with Crippen molar-refractivity contribution < 1.29 is 4.39 Å². The van der Waals surface area contributed by atoms with Crippen LogP contribution in [-0.4, -0.2) is 12.3 Å². The van der Waals surface area contributed by atoms with Gasteiger partial charge in [-0.1, -0.05) is 5.92 Å². The predicted molar refractivity (Wildman–Crippen MR) is 61.3 cm³/mol. The van der Waals surface area contributed by atoms with Crippen molar-refractivity contribution in [2.75, 3.05) is 12.3 Å². The maximum atomic E-state index is 13.1. The highest BCUT2D eigenvalue weighted by atomic mass is 32.2. The van der Waals surface area contributed by atoms with Crippen molar-refractivity contribution in [2.24, 2.45) is 0 Å². The molecule has 0 saturated carbocycles. The number of nitrogens with one attached hydrogen (secondary N) is 1. The Balaban J connectivity index is 2.25. The molecule has 0 fully saturated rings. The van der Waals surface area contributed by atoms with E-state index in [2.05, 4.69) is 11.2 Å². The first kappa shape index (κ1) is 10.5. The molecule has 0 aromatic heterocycles. The van der Waals surface area contributed by atoms with Crippen molar-refractivity contribution in [3.05, 3.63) is 29.6 Å². The first-order chi connectivity index (χ1) is 7.31. The molecule has 0 radical (unpaired) electrons. The number of terminal acetylenes is 1. The summed E-state index contributed by atoms with van der Waals surface area (Å²) in [6.07, 6.45) is 6.21. The minimum atomic E-state index is -0.177. The third-order valence-electron chi connectivity index (χ3n) is 2.46. The van der Waals surface area contributed by atoms with Gasteiger partial charge in [-0.2, -0.15) is 0 Å². The smallest absolute Gasteiger partial charge is 0.123 e. The van der Waals surface area contributed by atoms with Crippen molar-refractivity contribution in [3.8, 4) is 12.3 Å². The summed E-state index contributed by atoms with van der Waals surface area (Å²) in [6, 6.07) is 5.16. The fourth-order valence-electron chi connectivity index (χ4n) is 1.76. The van der Waals surface area contributed by atoms with Crippen LogP contribution in [0.15, 0.2) is 23.1 Å². The van der Waals surface area contributed by atoms with Gasteiger partial charge in [-0.15, -0.1) is 18.2 Å². The molecule has 2 rings (SSSR count). The minimum Gasteiger partial charge on any atom is -0.299 e. The van der Waals surface area contributed by atoms with Crippen molar-refractivity contribution in [1.29, 1.82) is 0 Å². The van der Waals surface area contributed by atoms with Gasteiger partial charge < -0.3 is 0 Å². The van der Waals surface area contributed by atoms with Crippen LogP contribution < -0.4 is 5.32 Å². The van der Waals surface area contributed by atoms with Gasteiger partial charge in [-0.05, 0) is 35.9 Å². The summed E-state index contributed by atoms with van der Waals surface area (Å²) in [7, 11) is 0. The van der Waals surface area contributed by atoms with Gasteiger partial charge in [0, 0.05) is 10.9 Å². The Hall–Kier alpha value is -0.980. The molecule has 1 unspecified atom stereocenters. The zero-order chi connectivity index (χ0) is 10.7. The van der Waals surface area contributed by atoms with Gasteiger partial charge in [0.1, 0.15) is 5.82 Å². The number of thioether (sulfide) groups is 1. The maximum Gasteiger partial charge on any atom is 0.123 e. The summed E-state index contributed by atoms with van der Waals surface area (Å²) in [5, 5.41) is 3.24. The molecular formula is C12H12FNS. The van der Waals surface area contributed by atoms with Crippen LogP contribution in [0.4, 0.5) is 4.39 Å². The second-order valence-corrected chi connectivity index (χ2v) is 4.59. The second-order valence-electron chi connectivity index (χ2n) is 3.46. The average molecular weight is 221 g/mol. The largest absolute Gasteiger partial charge is 0.299 e. The van der Waals surface area contributed by atoms with E-state index in [1.54, 1.807) is 17.8 Å². The first-order valence-corrected chi connectivity index (χ1v) is 5.89. The Kier molecular flexibility index (Phi) is 3.30. The van der Waals surface area contributed by atoms with E-state index in [1.807, 2.05) is 6.07 Å². The Morgan fingerprint density at radius 1 is 1.60 bits per heavy atom. The van der Waals surface area contributed by atoms with Crippen LogP contribution in [0, 0.1) is 18.2 Å². The fourth-order valence-corrected chi connectivity index (χ4v) is 2.87. The number of rotatable bonds is 2. The Labute approximate surface area is 93.5 Å². The minimum absolute atomic E-state index is 0.177. The molecule has 0 amide bonds. The highest BCUT2D eigenvalue weighted by Gasteiger charge is 2.20. The van der Waals surface area contributed by atoms with Crippen LogP contribution in [0.1, 0.15) is 18.0 Å². The Morgan fingerprint density at radius 2 is 2.47 bits per heavy atom. The average Bonchev–Trinajstić information content (AvgIpc) is 2.26. The first-order valence-electron chi connectivity index (χ1n) is 4.90. The van der Waals surface area contributed by atoms with Gasteiger partial charge in [0.15, 0.2) is 0 Å². The lowest BCUT2D eigenvalue weighted by Crippen LogP contribution is -2.24. The fraction of sp³-hybridized carbons (Fsp3) is 0.333. The highest BCUT2D eigenvalue weighted by Crippen LogP contribution is 2.36. The summed E-state index contributed by atoms with van der Waals surface area (Å²) in [5.74, 6) is 3.43. The van der Waals surface area contributed by atoms with E-state index in [1.165, 1.54) is 6.07 Å². The topological polar surface area (TPSA) is 12.0 Å². The van der Waals surface area contributed by atoms with Crippen LogP contribution in [-0.2, 0) is 0 Å². The number of fused-ring (bicyclic) bond motifs is 1. The quantitative estimate of drug-likeness (QED) is 0.770. The molecule has 3 heteroatoms. The summed E-state index contributed by atoms with van der Waals surface area (Å²) >= 11 is 1.78. The molecular weight excluding hydrogens is 209 g/mol. The molecule has 0 aliphatic carbocycles. The molecule has 0 bridgehead atoms. The number of halogens is 1. The van der Waals surface area contributed by atoms with Crippen molar-refractivity contribution >= 4 is 11.8 Å². The van der Waals surface area contributed by atoms with Crippen molar-refractivity contribution in [3.63, 3.8) is 0 Å².